The summed E-state index contributed by atoms with van der Waals surface area (Å²) in [6.45, 7) is 8.82. The van der Waals surface area contributed by atoms with Crippen LogP contribution >= 0.6 is 24.0 Å². The summed E-state index contributed by atoms with van der Waals surface area (Å²) in [5.74, 6) is 0.358. The van der Waals surface area contributed by atoms with Gasteiger partial charge in [-0.15, -0.1) is 24.0 Å². The van der Waals surface area contributed by atoms with Crippen LogP contribution in [0.3, 0.4) is 0 Å². The molecular weight excluding hydrogens is 410 g/mol. The maximum atomic E-state index is 13.6. The fourth-order valence-electron chi connectivity index (χ4n) is 1.89. The van der Waals surface area contributed by atoms with E-state index in [0.29, 0.717) is 24.6 Å². The first-order chi connectivity index (χ1) is 10.4. The van der Waals surface area contributed by atoms with E-state index in [1.165, 1.54) is 13.0 Å². The third-order valence-electron chi connectivity index (χ3n) is 3.15. The Labute approximate surface area is 154 Å². The van der Waals surface area contributed by atoms with Gasteiger partial charge < -0.3 is 16.0 Å². The average Bonchev–Trinajstić information content (AvgIpc) is 2.46. The Morgan fingerprint density at radius 3 is 2.61 bits per heavy atom. The van der Waals surface area contributed by atoms with Gasteiger partial charge in [0.05, 0.1) is 12.6 Å². The molecule has 0 aromatic heterocycles. The predicted molar refractivity (Wildman–Crippen MR) is 103 cm³/mol. The number of amides is 1. The Balaban J connectivity index is 0.00000484. The number of carbonyl (C=O) groups excluding carboxylic acids is 1. The minimum absolute atomic E-state index is 0. The number of aryl methyl sites for hydroxylation is 1. The molecule has 0 fully saturated rings. The van der Waals surface area contributed by atoms with Crippen molar-refractivity contribution in [3.8, 4) is 0 Å². The number of guanidine groups is 1. The normalized spacial score (nSPS) is 12.1. The first-order valence-electron chi connectivity index (χ1n) is 7.49. The summed E-state index contributed by atoms with van der Waals surface area (Å²) in [5, 5.41) is 9.05. The molecule has 1 atom stereocenters. The van der Waals surface area contributed by atoms with Gasteiger partial charge in [-0.25, -0.2) is 4.39 Å². The molecule has 0 radical (unpaired) electrons. The molecule has 130 valence electrons. The summed E-state index contributed by atoms with van der Waals surface area (Å²) < 4.78 is 13.6. The minimum atomic E-state index is -0.209. The first-order valence-corrected chi connectivity index (χ1v) is 7.49. The van der Waals surface area contributed by atoms with Crippen molar-refractivity contribution in [1.29, 1.82) is 0 Å². The molecule has 0 spiro atoms. The highest BCUT2D eigenvalue weighted by molar-refractivity contribution is 14.0. The number of nitrogens with zero attached hydrogens (tertiary/aromatic N) is 1. The summed E-state index contributed by atoms with van der Waals surface area (Å²) >= 11 is 0. The number of hydrogen-bond acceptors (Lipinski definition) is 2. The fraction of sp³-hybridized carbons (Fsp3) is 0.500. The zero-order valence-electron chi connectivity index (χ0n) is 14.1. The molecule has 1 rings (SSSR count). The first kappa shape index (κ1) is 21.6. The van der Waals surface area contributed by atoms with Gasteiger partial charge in [-0.3, -0.25) is 9.79 Å². The van der Waals surface area contributed by atoms with Crippen molar-refractivity contribution in [2.45, 2.75) is 33.7 Å². The summed E-state index contributed by atoms with van der Waals surface area (Å²) in [4.78, 5) is 15.2. The number of rotatable bonds is 6. The van der Waals surface area contributed by atoms with Gasteiger partial charge in [0.25, 0.3) is 0 Å². The lowest BCUT2D eigenvalue weighted by molar-refractivity contribution is -0.118. The highest BCUT2D eigenvalue weighted by atomic mass is 127. The van der Waals surface area contributed by atoms with Crippen molar-refractivity contribution in [3.05, 3.63) is 35.1 Å². The van der Waals surface area contributed by atoms with Crippen LogP contribution in [0, 0.1) is 12.7 Å². The van der Waals surface area contributed by atoms with Crippen LogP contribution in [0.5, 0.6) is 0 Å². The lowest BCUT2D eigenvalue weighted by Crippen LogP contribution is -2.39. The number of nitrogens with one attached hydrogen (secondary N) is 3. The SMILES string of the molecule is CCNC(=NCCNC(C)=O)NC(C)c1ccc(C)c(F)c1.I. The topological polar surface area (TPSA) is 65.5 Å². The maximum absolute atomic E-state index is 13.6. The van der Waals surface area contributed by atoms with E-state index >= 15 is 0 Å². The van der Waals surface area contributed by atoms with Gasteiger partial charge in [0, 0.05) is 20.0 Å². The molecule has 0 aliphatic carbocycles. The summed E-state index contributed by atoms with van der Waals surface area (Å²) in [5.41, 5.74) is 1.49. The minimum Gasteiger partial charge on any atom is -0.357 e. The zero-order chi connectivity index (χ0) is 16.5. The smallest absolute Gasteiger partial charge is 0.216 e. The van der Waals surface area contributed by atoms with Crippen LogP contribution in [-0.2, 0) is 4.79 Å². The third kappa shape index (κ3) is 8.15. The highest BCUT2D eigenvalue weighted by Gasteiger charge is 2.09. The predicted octanol–water partition coefficient (Wildman–Crippen LogP) is 2.50. The van der Waals surface area contributed by atoms with E-state index in [1.54, 1.807) is 13.0 Å². The van der Waals surface area contributed by atoms with E-state index in [1.807, 2.05) is 19.9 Å². The molecule has 0 aliphatic heterocycles. The molecule has 0 saturated heterocycles. The largest absolute Gasteiger partial charge is 0.357 e. The van der Waals surface area contributed by atoms with E-state index in [-0.39, 0.29) is 41.7 Å². The van der Waals surface area contributed by atoms with Gasteiger partial charge in [0.1, 0.15) is 5.82 Å². The number of benzene rings is 1. The summed E-state index contributed by atoms with van der Waals surface area (Å²) in [6, 6.07) is 5.13. The molecule has 3 N–H and O–H groups in total. The van der Waals surface area contributed by atoms with Crippen LogP contribution in [-0.4, -0.2) is 31.5 Å². The van der Waals surface area contributed by atoms with E-state index in [9.17, 15) is 9.18 Å². The van der Waals surface area contributed by atoms with Crippen LogP contribution in [0.1, 0.15) is 37.9 Å². The average molecular weight is 436 g/mol. The van der Waals surface area contributed by atoms with Gasteiger partial charge in [-0.1, -0.05) is 12.1 Å². The molecule has 1 aromatic carbocycles. The van der Waals surface area contributed by atoms with Gasteiger partial charge in [-0.05, 0) is 38.0 Å². The molecule has 0 bridgehead atoms. The lowest BCUT2D eigenvalue weighted by Gasteiger charge is -2.18. The van der Waals surface area contributed by atoms with Crippen molar-refractivity contribution < 1.29 is 9.18 Å². The van der Waals surface area contributed by atoms with Crippen molar-refractivity contribution in [1.82, 2.24) is 16.0 Å². The Kier molecular flexibility index (Phi) is 10.5. The number of carbonyl (C=O) groups is 1. The molecule has 0 heterocycles. The van der Waals surface area contributed by atoms with Crippen molar-refractivity contribution >= 4 is 35.8 Å². The number of aliphatic imine (C=N–C) groups is 1. The van der Waals surface area contributed by atoms with Crippen molar-refractivity contribution in [3.63, 3.8) is 0 Å². The Bertz CT molecular complexity index is 537. The molecule has 0 saturated carbocycles. The Hall–Kier alpha value is -1.38. The quantitative estimate of drug-likeness (QED) is 0.278. The van der Waals surface area contributed by atoms with Gasteiger partial charge in [-0.2, -0.15) is 0 Å². The fourth-order valence-corrected chi connectivity index (χ4v) is 1.89. The third-order valence-corrected chi connectivity index (χ3v) is 3.15. The molecule has 1 amide bonds. The van der Waals surface area contributed by atoms with Crippen LogP contribution in [0.4, 0.5) is 4.39 Å². The molecule has 1 unspecified atom stereocenters. The standard InChI is InChI=1S/C16H25FN4O.HI/c1-5-18-16(20-9-8-19-13(4)22)21-12(3)14-7-6-11(2)15(17)10-14;/h6-7,10,12H,5,8-9H2,1-4H3,(H,19,22)(H2,18,20,21);1H. The second kappa shape index (κ2) is 11.2. The molecule has 0 aliphatic rings. The molecule has 7 heteroatoms. The van der Waals surface area contributed by atoms with Gasteiger partial charge in [0.15, 0.2) is 5.96 Å². The van der Waals surface area contributed by atoms with Crippen LogP contribution in [0.2, 0.25) is 0 Å². The van der Waals surface area contributed by atoms with E-state index in [4.69, 9.17) is 0 Å². The lowest BCUT2D eigenvalue weighted by atomic mass is 10.1. The van der Waals surface area contributed by atoms with Crippen molar-refractivity contribution in [2.75, 3.05) is 19.6 Å². The molecule has 5 nitrogen and oxygen atoms in total. The monoisotopic (exact) mass is 436 g/mol. The maximum Gasteiger partial charge on any atom is 0.216 e. The van der Waals surface area contributed by atoms with Crippen molar-refractivity contribution in [2.24, 2.45) is 4.99 Å². The molecule has 1 aromatic rings. The van der Waals surface area contributed by atoms with Crippen LogP contribution in [0.15, 0.2) is 23.2 Å². The van der Waals surface area contributed by atoms with E-state index in [0.717, 1.165) is 12.1 Å². The Morgan fingerprint density at radius 1 is 1.35 bits per heavy atom. The summed E-state index contributed by atoms with van der Waals surface area (Å²) in [6.07, 6.45) is 0. The van der Waals surface area contributed by atoms with Crippen LogP contribution < -0.4 is 16.0 Å². The number of halogens is 2. The van der Waals surface area contributed by atoms with Gasteiger partial charge >= 0.3 is 0 Å². The van der Waals surface area contributed by atoms with Crippen LogP contribution in [0.25, 0.3) is 0 Å². The van der Waals surface area contributed by atoms with E-state index < -0.39 is 0 Å². The summed E-state index contributed by atoms with van der Waals surface area (Å²) in [7, 11) is 0. The molecular formula is C16H26FIN4O. The molecule has 23 heavy (non-hydrogen) atoms. The van der Waals surface area contributed by atoms with Gasteiger partial charge in [0.2, 0.25) is 5.91 Å². The second-order valence-corrected chi connectivity index (χ2v) is 5.12. The highest BCUT2D eigenvalue weighted by Crippen LogP contribution is 2.16. The zero-order valence-corrected chi connectivity index (χ0v) is 16.4. The second-order valence-electron chi connectivity index (χ2n) is 5.12. The van der Waals surface area contributed by atoms with E-state index in [2.05, 4.69) is 20.9 Å². The Morgan fingerprint density at radius 2 is 2.04 bits per heavy atom. The number of hydrogen-bond donors (Lipinski definition) is 3.